The Morgan fingerprint density at radius 1 is 1.17 bits per heavy atom. The second-order valence-electron chi connectivity index (χ2n) is 8.51. The molecule has 1 aliphatic rings. The predicted molar refractivity (Wildman–Crippen MR) is 134 cm³/mol. The number of nitrogens with one attached hydrogen (secondary N) is 1. The lowest BCUT2D eigenvalue weighted by molar-refractivity contribution is -0.121. The third kappa shape index (κ3) is 5.80. The molecule has 1 amide bonds. The molecule has 192 valence electrons. The molecule has 0 aliphatic carbocycles. The van der Waals surface area contributed by atoms with Gasteiger partial charge in [-0.3, -0.25) is 9.36 Å². The van der Waals surface area contributed by atoms with Gasteiger partial charge >= 0.3 is 0 Å². The normalized spacial score (nSPS) is 16.8. The number of rotatable bonds is 9. The minimum Gasteiger partial charge on any atom is -0.497 e. The van der Waals surface area contributed by atoms with E-state index in [1.807, 2.05) is 29.2 Å². The number of piperazine rings is 1. The largest absolute Gasteiger partial charge is 0.497 e. The van der Waals surface area contributed by atoms with Gasteiger partial charge < -0.3 is 15.0 Å². The molecule has 1 saturated heterocycles. The van der Waals surface area contributed by atoms with E-state index in [-0.39, 0.29) is 25.4 Å². The molecule has 3 heterocycles. The number of hydrogen-bond acceptors (Lipinski definition) is 8. The summed E-state index contributed by atoms with van der Waals surface area (Å²) in [5, 5.41) is 2.94. The first-order chi connectivity index (χ1) is 17.3. The maximum atomic E-state index is 12.9. The van der Waals surface area contributed by atoms with E-state index in [0.717, 1.165) is 11.3 Å². The van der Waals surface area contributed by atoms with Crippen LogP contribution in [0.25, 0.3) is 5.95 Å². The van der Waals surface area contributed by atoms with E-state index >= 15 is 0 Å². The average molecular weight is 515 g/mol. The Hall–Kier alpha value is -3.55. The van der Waals surface area contributed by atoms with E-state index in [9.17, 15) is 13.2 Å². The van der Waals surface area contributed by atoms with Crippen LogP contribution in [0.5, 0.6) is 5.75 Å². The summed E-state index contributed by atoms with van der Waals surface area (Å²) in [6.07, 6.45) is 6.72. The first-order valence-electron chi connectivity index (χ1n) is 11.4. The zero-order valence-corrected chi connectivity index (χ0v) is 21.3. The van der Waals surface area contributed by atoms with Crippen molar-refractivity contribution in [1.82, 2.24) is 33.4 Å². The Morgan fingerprint density at radius 3 is 2.61 bits per heavy atom. The van der Waals surface area contributed by atoms with Gasteiger partial charge in [0.15, 0.2) is 0 Å². The van der Waals surface area contributed by atoms with Crippen molar-refractivity contribution in [1.29, 1.82) is 0 Å². The van der Waals surface area contributed by atoms with E-state index < -0.39 is 16.3 Å². The van der Waals surface area contributed by atoms with Crippen LogP contribution in [0.2, 0.25) is 0 Å². The van der Waals surface area contributed by atoms with Crippen LogP contribution >= 0.6 is 0 Å². The molecule has 1 atom stereocenters. The van der Waals surface area contributed by atoms with Crippen molar-refractivity contribution in [2.75, 3.05) is 45.7 Å². The molecule has 0 spiro atoms. The van der Waals surface area contributed by atoms with Crippen LogP contribution in [0.1, 0.15) is 12.0 Å². The molecule has 1 fully saturated rings. The SMILES string of the molecule is COc1ccc(CNC(=O)CC2CN(S(=O)(=O)N(C)C)CCN2c2ccnc(-n3ccnc3)n2)cc1. The molecule has 0 bridgehead atoms. The minimum absolute atomic E-state index is 0.0972. The summed E-state index contributed by atoms with van der Waals surface area (Å²) in [7, 11) is 0.971. The van der Waals surface area contributed by atoms with Crippen molar-refractivity contribution in [2.24, 2.45) is 0 Å². The Bertz CT molecular complexity index is 1270. The number of anilines is 1. The zero-order chi connectivity index (χ0) is 25.7. The lowest BCUT2D eigenvalue weighted by atomic mass is 10.1. The van der Waals surface area contributed by atoms with Gasteiger partial charge in [0.05, 0.1) is 13.2 Å². The number of methoxy groups -OCH3 is 1. The van der Waals surface area contributed by atoms with Gasteiger partial charge in [-0.25, -0.2) is 9.97 Å². The molecular formula is C23H30N8O4S. The summed E-state index contributed by atoms with van der Waals surface area (Å²) in [5.41, 5.74) is 0.933. The fourth-order valence-electron chi connectivity index (χ4n) is 3.97. The molecule has 3 aromatic rings. The summed E-state index contributed by atoms with van der Waals surface area (Å²) < 4.78 is 35.1. The summed E-state index contributed by atoms with van der Waals surface area (Å²) in [4.78, 5) is 27.9. The second kappa shape index (κ2) is 11.0. The number of hydrogen-bond donors (Lipinski definition) is 1. The van der Waals surface area contributed by atoms with E-state index in [0.29, 0.717) is 24.9 Å². The van der Waals surface area contributed by atoms with Crippen LogP contribution in [0, 0.1) is 0 Å². The number of carbonyl (C=O) groups excluding carboxylic acids is 1. The lowest BCUT2D eigenvalue weighted by Crippen LogP contribution is -2.58. The van der Waals surface area contributed by atoms with Gasteiger partial charge in [0, 0.05) is 65.3 Å². The first-order valence-corrected chi connectivity index (χ1v) is 12.8. The fraction of sp³-hybridized carbons (Fsp3) is 0.391. The lowest BCUT2D eigenvalue weighted by Gasteiger charge is -2.41. The molecule has 1 unspecified atom stereocenters. The molecule has 12 nitrogen and oxygen atoms in total. The van der Waals surface area contributed by atoms with Gasteiger partial charge in [-0.1, -0.05) is 12.1 Å². The summed E-state index contributed by atoms with van der Waals surface area (Å²) >= 11 is 0. The monoisotopic (exact) mass is 514 g/mol. The van der Waals surface area contributed by atoms with Crippen molar-refractivity contribution in [3.05, 3.63) is 60.8 Å². The first kappa shape index (κ1) is 25.5. The standard InChI is InChI=1S/C23H30N8O4S/c1-28(2)36(33,34)30-12-13-31(21-8-9-25-23(27-21)29-11-10-24-17-29)19(16-30)14-22(32)26-15-18-4-6-20(35-3)7-5-18/h4-11,17,19H,12-16H2,1-3H3,(H,26,32). The van der Waals surface area contributed by atoms with E-state index in [2.05, 4.69) is 20.3 Å². The van der Waals surface area contributed by atoms with E-state index in [4.69, 9.17) is 4.74 Å². The highest BCUT2D eigenvalue weighted by Crippen LogP contribution is 2.23. The summed E-state index contributed by atoms with van der Waals surface area (Å²) in [6.45, 7) is 1.16. The maximum Gasteiger partial charge on any atom is 0.281 e. The summed E-state index contributed by atoms with van der Waals surface area (Å²) in [5.74, 6) is 1.61. The number of carbonyl (C=O) groups is 1. The number of imidazole rings is 1. The molecule has 4 rings (SSSR count). The third-order valence-electron chi connectivity index (χ3n) is 5.96. The number of aromatic nitrogens is 4. The van der Waals surface area contributed by atoms with Crippen molar-refractivity contribution in [3.8, 4) is 11.7 Å². The Labute approximate surface area is 210 Å². The van der Waals surface area contributed by atoms with Gasteiger partial charge in [-0.05, 0) is 23.8 Å². The van der Waals surface area contributed by atoms with Crippen molar-refractivity contribution < 1.29 is 17.9 Å². The molecule has 0 saturated carbocycles. The zero-order valence-electron chi connectivity index (χ0n) is 20.5. The van der Waals surface area contributed by atoms with Crippen LogP contribution in [-0.4, -0.2) is 89.3 Å². The fourth-order valence-corrected chi connectivity index (χ4v) is 5.11. The average Bonchev–Trinajstić information content (AvgIpc) is 3.43. The Balaban J connectivity index is 1.52. The van der Waals surface area contributed by atoms with Crippen molar-refractivity contribution in [3.63, 3.8) is 0 Å². The van der Waals surface area contributed by atoms with Crippen LogP contribution in [-0.2, 0) is 21.5 Å². The highest BCUT2D eigenvalue weighted by molar-refractivity contribution is 7.86. The van der Waals surface area contributed by atoms with Crippen LogP contribution in [0.4, 0.5) is 5.82 Å². The van der Waals surface area contributed by atoms with E-state index in [1.165, 1.54) is 22.7 Å². The maximum absolute atomic E-state index is 12.9. The van der Waals surface area contributed by atoms with Crippen LogP contribution in [0.15, 0.2) is 55.2 Å². The second-order valence-corrected chi connectivity index (χ2v) is 10.7. The van der Waals surface area contributed by atoms with Crippen LogP contribution in [0.3, 0.4) is 0 Å². The van der Waals surface area contributed by atoms with Gasteiger partial charge in [-0.2, -0.15) is 22.0 Å². The van der Waals surface area contributed by atoms with Crippen LogP contribution < -0.4 is 15.0 Å². The number of ether oxygens (including phenoxy) is 1. The number of nitrogens with zero attached hydrogens (tertiary/aromatic N) is 7. The number of benzene rings is 1. The Kier molecular flexibility index (Phi) is 7.82. The highest BCUT2D eigenvalue weighted by Gasteiger charge is 2.36. The van der Waals surface area contributed by atoms with E-state index in [1.54, 1.807) is 42.7 Å². The van der Waals surface area contributed by atoms with Gasteiger partial charge in [-0.15, -0.1) is 0 Å². The van der Waals surface area contributed by atoms with Crippen molar-refractivity contribution >= 4 is 21.9 Å². The molecule has 1 aromatic carbocycles. The molecule has 13 heteroatoms. The molecule has 0 radical (unpaired) electrons. The molecule has 36 heavy (non-hydrogen) atoms. The third-order valence-corrected chi connectivity index (χ3v) is 7.87. The quantitative estimate of drug-likeness (QED) is 0.442. The summed E-state index contributed by atoms with van der Waals surface area (Å²) in [6, 6.07) is 8.78. The smallest absolute Gasteiger partial charge is 0.281 e. The topological polar surface area (TPSA) is 126 Å². The number of amides is 1. The molecular weight excluding hydrogens is 484 g/mol. The Morgan fingerprint density at radius 2 is 1.94 bits per heavy atom. The molecule has 2 aromatic heterocycles. The van der Waals surface area contributed by atoms with Gasteiger partial charge in [0.25, 0.3) is 10.2 Å². The highest BCUT2D eigenvalue weighted by atomic mass is 32.2. The van der Waals surface area contributed by atoms with Crippen molar-refractivity contribution in [2.45, 2.75) is 19.0 Å². The minimum atomic E-state index is -3.63. The van der Waals surface area contributed by atoms with Gasteiger partial charge in [0.1, 0.15) is 17.9 Å². The predicted octanol–water partition coefficient (Wildman–Crippen LogP) is 0.674. The molecule has 1 aliphatic heterocycles. The molecule has 1 N–H and O–H groups in total. The van der Waals surface area contributed by atoms with Gasteiger partial charge in [0.2, 0.25) is 11.9 Å².